The fraction of sp³-hybridized carbons (Fsp3) is 0.0909. The van der Waals surface area contributed by atoms with E-state index in [2.05, 4.69) is 36.3 Å². The van der Waals surface area contributed by atoms with E-state index < -0.39 is 0 Å². The first-order valence-corrected chi connectivity index (χ1v) is 7.30. The summed E-state index contributed by atoms with van der Waals surface area (Å²) in [5.74, 6) is 0.544. The highest BCUT2D eigenvalue weighted by Gasteiger charge is 2.11. The summed E-state index contributed by atoms with van der Waals surface area (Å²) in [4.78, 5) is 6.44. The molecule has 96 valence electrons. The first-order valence-electron chi connectivity index (χ1n) is 5.32. The van der Waals surface area contributed by atoms with E-state index >= 15 is 0 Å². The number of rotatable bonds is 2. The third-order valence-electron chi connectivity index (χ3n) is 2.50. The van der Waals surface area contributed by atoms with Crippen LogP contribution in [-0.4, -0.2) is 25.2 Å². The van der Waals surface area contributed by atoms with E-state index in [-0.39, 0.29) is 0 Å². The third kappa shape index (κ3) is 2.54. The lowest BCUT2D eigenvalue weighted by Gasteiger charge is -2.03. The average Bonchev–Trinajstić information content (AvgIpc) is 3.00. The lowest BCUT2D eigenvalue weighted by atomic mass is 10.2. The first-order chi connectivity index (χ1) is 9.13. The summed E-state index contributed by atoms with van der Waals surface area (Å²) in [6.45, 7) is 1.97. The van der Waals surface area contributed by atoms with Gasteiger partial charge in [-0.15, -0.1) is 26.3 Å². The minimum absolute atomic E-state index is 0.544. The molecule has 2 aromatic heterocycles. The van der Waals surface area contributed by atoms with Crippen molar-refractivity contribution in [3.05, 3.63) is 38.9 Å². The summed E-state index contributed by atoms with van der Waals surface area (Å²) in [6.07, 6.45) is 1.71. The Bertz CT molecular complexity index is 738. The molecule has 0 fully saturated rings. The Labute approximate surface area is 126 Å². The van der Waals surface area contributed by atoms with Crippen LogP contribution in [0.2, 0.25) is 5.02 Å². The van der Waals surface area contributed by atoms with Crippen LogP contribution in [0.15, 0.2) is 28.3 Å². The van der Waals surface area contributed by atoms with Gasteiger partial charge in [0.05, 0.1) is 16.8 Å². The first kappa shape index (κ1) is 12.7. The Balaban J connectivity index is 2.03. The van der Waals surface area contributed by atoms with E-state index in [0.29, 0.717) is 10.8 Å². The Hall–Kier alpha value is -1.31. The van der Waals surface area contributed by atoms with Crippen LogP contribution in [0.1, 0.15) is 5.56 Å². The molecule has 0 atom stereocenters. The van der Waals surface area contributed by atoms with Gasteiger partial charge in [-0.25, -0.2) is 4.98 Å². The highest BCUT2D eigenvalue weighted by molar-refractivity contribution is 9.11. The van der Waals surface area contributed by atoms with Gasteiger partial charge in [-0.1, -0.05) is 17.7 Å². The lowest BCUT2D eigenvalue weighted by molar-refractivity contribution is 0.716. The van der Waals surface area contributed by atoms with Crippen LogP contribution in [0.4, 0.5) is 0 Å². The predicted octanol–water partition coefficient (Wildman–Crippen LogP) is 3.51. The van der Waals surface area contributed by atoms with Crippen LogP contribution in [0.5, 0.6) is 0 Å². The van der Waals surface area contributed by atoms with Crippen molar-refractivity contribution in [3.63, 3.8) is 0 Å². The number of aromatic nitrogens is 5. The molecule has 0 spiro atoms. The Morgan fingerprint density at radius 1 is 1.37 bits per heavy atom. The SMILES string of the molecule is Cc1ccc(Cl)cc1-n1nnc(-c2cnc(Br)s2)n1. The van der Waals surface area contributed by atoms with Gasteiger partial charge < -0.3 is 0 Å². The number of tetrazole rings is 1. The van der Waals surface area contributed by atoms with Crippen LogP contribution >= 0.6 is 38.9 Å². The Morgan fingerprint density at radius 3 is 2.95 bits per heavy atom. The van der Waals surface area contributed by atoms with Crippen LogP contribution in [0.3, 0.4) is 0 Å². The summed E-state index contributed by atoms with van der Waals surface area (Å²) in [5.41, 5.74) is 1.84. The molecule has 0 bridgehead atoms. The van der Waals surface area contributed by atoms with E-state index in [9.17, 15) is 0 Å². The second kappa shape index (κ2) is 4.99. The quantitative estimate of drug-likeness (QED) is 0.705. The normalized spacial score (nSPS) is 10.9. The molecule has 1 aromatic carbocycles. The molecule has 3 rings (SSSR count). The summed E-state index contributed by atoms with van der Waals surface area (Å²) in [5, 5.41) is 13.1. The number of hydrogen-bond acceptors (Lipinski definition) is 5. The number of halogens is 2. The molecular formula is C11H7BrClN5S. The van der Waals surface area contributed by atoms with Crippen LogP contribution in [0, 0.1) is 6.92 Å². The van der Waals surface area contributed by atoms with Gasteiger partial charge in [0.1, 0.15) is 0 Å². The number of hydrogen-bond donors (Lipinski definition) is 0. The topological polar surface area (TPSA) is 56.5 Å². The molecule has 2 heterocycles. The molecule has 0 radical (unpaired) electrons. The standard InChI is InChI=1S/C11H7BrClN5S/c1-6-2-3-7(13)4-8(6)18-16-10(15-17-18)9-5-14-11(12)19-9/h2-5H,1H3. The van der Waals surface area contributed by atoms with Gasteiger partial charge in [-0.3, -0.25) is 0 Å². The van der Waals surface area contributed by atoms with Gasteiger partial charge in [0.2, 0.25) is 5.82 Å². The van der Waals surface area contributed by atoms with E-state index in [1.807, 2.05) is 25.1 Å². The van der Waals surface area contributed by atoms with Crippen LogP contribution < -0.4 is 0 Å². The van der Waals surface area contributed by atoms with Gasteiger partial charge in [-0.2, -0.15) is 0 Å². The molecule has 3 aromatic rings. The number of thiazole rings is 1. The minimum atomic E-state index is 0.544. The Kier molecular flexibility index (Phi) is 3.34. The lowest BCUT2D eigenvalue weighted by Crippen LogP contribution is -2.01. The van der Waals surface area contributed by atoms with Crippen LogP contribution in [-0.2, 0) is 0 Å². The third-order valence-corrected chi connectivity index (χ3v) is 4.21. The highest BCUT2D eigenvalue weighted by atomic mass is 79.9. The molecule has 8 heteroatoms. The maximum atomic E-state index is 5.99. The number of aryl methyl sites for hydroxylation is 1. The second-order valence-electron chi connectivity index (χ2n) is 3.81. The zero-order chi connectivity index (χ0) is 13.4. The molecule has 0 aliphatic rings. The van der Waals surface area contributed by atoms with Gasteiger partial charge >= 0.3 is 0 Å². The van der Waals surface area contributed by atoms with Crippen molar-refractivity contribution >= 4 is 38.9 Å². The molecule has 5 nitrogen and oxygen atoms in total. The summed E-state index contributed by atoms with van der Waals surface area (Å²) in [6, 6.07) is 5.56. The van der Waals surface area contributed by atoms with Gasteiger partial charge in [0, 0.05) is 5.02 Å². The summed E-state index contributed by atoms with van der Waals surface area (Å²) >= 11 is 10.8. The van der Waals surface area contributed by atoms with Crippen molar-refractivity contribution < 1.29 is 0 Å². The summed E-state index contributed by atoms with van der Waals surface area (Å²) < 4.78 is 0.790. The van der Waals surface area contributed by atoms with E-state index in [4.69, 9.17) is 11.6 Å². The van der Waals surface area contributed by atoms with E-state index in [1.165, 1.54) is 16.1 Å². The van der Waals surface area contributed by atoms with Crippen molar-refractivity contribution in [1.82, 2.24) is 25.2 Å². The number of benzene rings is 1. The van der Waals surface area contributed by atoms with Gasteiger partial charge in [-0.05, 0) is 45.8 Å². The zero-order valence-electron chi connectivity index (χ0n) is 9.71. The van der Waals surface area contributed by atoms with Crippen LogP contribution in [0.25, 0.3) is 16.4 Å². The van der Waals surface area contributed by atoms with Crippen molar-refractivity contribution in [1.29, 1.82) is 0 Å². The van der Waals surface area contributed by atoms with Gasteiger partial charge in [0.25, 0.3) is 0 Å². The maximum Gasteiger partial charge on any atom is 0.216 e. The predicted molar refractivity (Wildman–Crippen MR) is 77.7 cm³/mol. The second-order valence-corrected chi connectivity index (χ2v) is 6.55. The van der Waals surface area contributed by atoms with Crippen molar-refractivity contribution in [2.24, 2.45) is 0 Å². The van der Waals surface area contributed by atoms with E-state index in [0.717, 1.165) is 20.0 Å². The number of nitrogens with zero attached hydrogens (tertiary/aromatic N) is 5. The fourth-order valence-corrected chi connectivity index (χ4v) is 2.93. The van der Waals surface area contributed by atoms with Crippen molar-refractivity contribution in [3.8, 4) is 16.4 Å². The molecule has 0 N–H and O–H groups in total. The Morgan fingerprint density at radius 2 is 2.21 bits per heavy atom. The van der Waals surface area contributed by atoms with E-state index in [1.54, 1.807) is 6.20 Å². The molecule has 19 heavy (non-hydrogen) atoms. The van der Waals surface area contributed by atoms with Crippen molar-refractivity contribution in [2.45, 2.75) is 6.92 Å². The molecule has 0 saturated heterocycles. The molecule has 0 aliphatic carbocycles. The largest absolute Gasteiger partial charge is 0.237 e. The smallest absolute Gasteiger partial charge is 0.216 e. The average molecular weight is 357 g/mol. The van der Waals surface area contributed by atoms with Crippen molar-refractivity contribution in [2.75, 3.05) is 0 Å². The van der Waals surface area contributed by atoms with Gasteiger partial charge in [0.15, 0.2) is 3.92 Å². The monoisotopic (exact) mass is 355 g/mol. The zero-order valence-corrected chi connectivity index (χ0v) is 12.9. The summed E-state index contributed by atoms with van der Waals surface area (Å²) in [7, 11) is 0. The molecule has 0 aliphatic heterocycles. The molecular weight excluding hydrogens is 350 g/mol. The molecule has 0 saturated carbocycles. The molecule has 0 amide bonds. The highest BCUT2D eigenvalue weighted by Crippen LogP contribution is 2.26. The molecule has 0 unspecified atom stereocenters. The minimum Gasteiger partial charge on any atom is -0.237 e. The maximum absolute atomic E-state index is 5.99. The fourth-order valence-electron chi connectivity index (χ4n) is 1.57.